The molecule has 0 unspecified atom stereocenters. The van der Waals surface area contributed by atoms with Gasteiger partial charge in [-0.25, -0.2) is 9.37 Å². The van der Waals surface area contributed by atoms with Gasteiger partial charge in [0.05, 0.1) is 5.56 Å². The van der Waals surface area contributed by atoms with Crippen molar-refractivity contribution >= 4 is 39.3 Å². The summed E-state index contributed by atoms with van der Waals surface area (Å²) in [6.07, 6.45) is 1.93. The molecular weight excluding hydrogens is 427 g/mol. The summed E-state index contributed by atoms with van der Waals surface area (Å²) >= 11 is 0. The molecule has 3 heterocycles. The molecule has 10 heteroatoms. The lowest BCUT2D eigenvalue weighted by atomic mass is 10.1. The van der Waals surface area contributed by atoms with E-state index < -0.39 is 5.82 Å². The highest BCUT2D eigenvalue weighted by atomic mass is 19.1. The molecule has 0 radical (unpaired) electrons. The number of benzene rings is 2. The van der Waals surface area contributed by atoms with Gasteiger partial charge in [0.25, 0.3) is 5.91 Å². The summed E-state index contributed by atoms with van der Waals surface area (Å²) in [4.78, 5) is 21.8. The topological polar surface area (TPSA) is 88.7 Å². The summed E-state index contributed by atoms with van der Waals surface area (Å²) in [5.74, 6) is -0.689. The highest BCUT2D eigenvalue weighted by Crippen LogP contribution is 2.31. The number of carbonyl (C=O) groups is 1. The smallest absolute Gasteiger partial charge is 0.257 e. The van der Waals surface area contributed by atoms with Crippen LogP contribution in [-0.2, 0) is 18.4 Å². The lowest BCUT2D eigenvalue weighted by molar-refractivity contribution is 0.102. The van der Waals surface area contributed by atoms with Crippen molar-refractivity contribution in [1.82, 2.24) is 19.7 Å². The molecule has 0 saturated carbocycles. The molecule has 1 fully saturated rings. The number of hydrogen-bond acceptors (Lipinski definition) is 7. The summed E-state index contributed by atoms with van der Waals surface area (Å²) in [5, 5.41) is 8.22. The number of methoxy groups -OCH3 is 1. The zero-order valence-electron chi connectivity index (χ0n) is 18.8. The van der Waals surface area contributed by atoms with E-state index >= 15 is 0 Å². The molecule has 1 amide bonds. The number of aryl methyl sites for hydroxylation is 1. The Kier molecular flexibility index (Phi) is 5.47. The predicted molar refractivity (Wildman–Crippen MR) is 123 cm³/mol. The van der Waals surface area contributed by atoms with Crippen LogP contribution in [-0.4, -0.2) is 65.9 Å². The Morgan fingerprint density at radius 1 is 1.18 bits per heavy atom. The number of ether oxygens (including phenoxy) is 1. The highest BCUT2D eigenvalue weighted by molar-refractivity contribution is 6.14. The number of aromatic nitrogens is 3. The number of anilines is 2. The summed E-state index contributed by atoms with van der Waals surface area (Å²) in [6, 6.07) is 6.52. The second-order valence-electron chi connectivity index (χ2n) is 8.29. The normalized spacial score (nSPS) is 15.0. The van der Waals surface area contributed by atoms with E-state index in [4.69, 9.17) is 9.15 Å². The number of carbonyl (C=O) groups excluding carboxylic acids is 1. The summed E-state index contributed by atoms with van der Waals surface area (Å²) < 4.78 is 26.8. The van der Waals surface area contributed by atoms with Crippen molar-refractivity contribution in [3.05, 3.63) is 47.7 Å². The Morgan fingerprint density at radius 3 is 2.73 bits per heavy atom. The molecule has 33 heavy (non-hydrogen) atoms. The molecule has 0 atom stereocenters. The Hall–Kier alpha value is -3.50. The fourth-order valence-corrected chi connectivity index (χ4v) is 4.20. The van der Waals surface area contributed by atoms with Crippen molar-refractivity contribution in [3.8, 4) is 0 Å². The average molecular weight is 452 g/mol. The van der Waals surface area contributed by atoms with Crippen molar-refractivity contribution in [2.24, 2.45) is 7.05 Å². The molecule has 9 nitrogen and oxygen atoms in total. The quantitative estimate of drug-likeness (QED) is 0.498. The van der Waals surface area contributed by atoms with E-state index in [-0.39, 0.29) is 35.2 Å². The van der Waals surface area contributed by atoms with E-state index in [2.05, 4.69) is 32.2 Å². The van der Waals surface area contributed by atoms with Gasteiger partial charge in [0.15, 0.2) is 11.4 Å². The van der Waals surface area contributed by atoms with Crippen molar-refractivity contribution in [2.75, 3.05) is 50.6 Å². The fourth-order valence-electron chi connectivity index (χ4n) is 4.20. The predicted octanol–water partition coefficient (Wildman–Crippen LogP) is 3.00. The molecule has 0 spiro atoms. The third-order valence-corrected chi connectivity index (χ3v) is 5.87. The molecule has 1 aliphatic rings. The molecule has 5 rings (SSSR count). The minimum absolute atomic E-state index is 0.101. The van der Waals surface area contributed by atoms with Crippen LogP contribution in [0.5, 0.6) is 0 Å². The molecule has 2 aromatic carbocycles. The molecule has 1 aliphatic heterocycles. The number of hydrogen-bond donors (Lipinski definition) is 1. The standard InChI is InChI=1S/C23H25FN6O3/c1-28-6-8-30(9-7-28)18-5-4-15(21-16(18)12-29(2)27-21)23(31)25-14-10-17(24)22-19(11-14)33-20(26-22)13-32-3/h4-5,10-12H,6-9,13H2,1-3H3,(H,25,31). The van der Waals surface area contributed by atoms with E-state index in [1.54, 1.807) is 16.8 Å². The first kappa shape index (κ1) is 21.4. The number of fused-ring (bicyclic) bond motifs is 2. The van der Waals surface area contributed by atoms with Gasteiger partial charge in [0, 0.05) is 69.4 Å². The van der Waals surface area contributed by atoms with Crippen LogP contribution in [0.25, 0.3) is 22.0 Å². The minimum atomic E-state index is -0.581. The van der Waals surface area contributed by atoms with Crippen LogP contribution in [0.15, 0.2) is 34.9 Å². The van der Waals surface area contributed by atoms with Gasteiger partial charge in [-0.15, -0.1) is 0 Å². The first-order chi connectivity index (χ1) is 15.9. The van der Waals surface area contributed by atoms with Gasteiger partial charge in [-0.05, 0) is 25.2 Å². The number of oxazole rings is 1. The molecule has 172 valence electrons. The van der Waals surface area contributed by atoms with E-state index in [9.17, 15) is 9.18 Å². The van der Waals surface area contributed by atoms with Crippen molar-refractivity contribution in [3.63, 3.8) is 0 Å². The molecule has 1 saturated heterocycles. The molecule has 2 aromatic heterocycles. The Labute approximate surface area is 189 Å². The van der Waals surface area contributed by atoms with E-state index in [0.717, 1.165) is 37.3 Å². The van der Waals surface area contributed by atoms with Crippen LogP contribution >= 0.6 is 0 Å². The Bertz CT molecular complexity index is 1340. The molecule has 4 aromatic rings. The van der Waals surface area contributed by atoms with Crippen LogP contribution in [0.1, 0.15) is 16.2 Å². The maximum absolute atomic E-state index is 14.6. The van der Waals surface area contributed by atoms with Crippen LogP contribution < -0.4 is 10.2 Å². The van der Waals surface area contributed by atoms with Gasteiger partial charge < -0.3 is 24.3 Å². The highest BCUT2D eigenvalue weighted by Gasteiger charge is 2.22. The second kappa shape index (κ2) is 8.45. The summed E-state index contributed by atoms with van der Waals surface area (Å²) in [5.41, 5.74) is 2.70. The van der Waals surface area contributed by atoms with Crippen LogP contribution in [0.2, 0.25) is 0 Å². The first-order valence-electron chi connectivity index (χ1n) is 10.7. The maximum Gasteiger partial charge on any atom is 0.257 e. The number of nitrogens with zero attached hydrogens (tertiary/aromatic N) is 5. The molecular formula is C23H25FN6O3. The van der Waals surface area contributed by atoms with E-state index in [1.807, 2.05) is 19.3 Å². The Morgan fingerprint density at radius 2 is 1.97 bits per heavy atom. The minimum Gasteiger partial charge on any atom is -0.438 e. The van der Waals surface area contributed by atoms with Gasteiger partial charge in [0.1, 0.15) is 17.6 Å². The van der Waals surface area contributed by atoms with Crippen molar-refractivity contribution < 1.29 is 18.3 Å². The number of piperazine rings is 1. The van der Waals surface area contributed by atoms with Gasteiger partial charge >= 0.3 is 0 Å². The Balaban J connectivity index is 1.46. The van der Waals surface area contributed by atoms with Crippen LogP contribution in [0, 0.1) is 5.82 Å². The third-order valence-electron chi connectivity index (χ3n) is 5.87. The van der Waals surface area contributed by atoms with Gasteiger partial charge in [-0.1, -0.05) is 0 Å². The molecule has 0 bridgehead atoms. The van der Waals surface area contributed by atoms with Gasteiger partial charge in [0.2, 0.25) is 5.89 Å². The summed E-state index contributed by atoms with van der Waals surface area (Å²) in [6.45, 7) is 3.91. The van der Waals surface area contributed by atoms with E-state index in [1.165, 1.54) is 13.2 Å². The van der Waals surface area contributed by atoms with E-state index in [0.29, 0.717) is 11.1 Å². The SMILES string of the molecule is COCc1nc2c(F)cc(NC(=O)c3ccc(N4CCN(C)CC4)c4cn(C)nc34)cc2o1. The fraction of sp³-hybridized carbons (Fsp3) is 0.348. The zero-order valence-corrected chi connectivity index (χ0v) is 18.8. The van der Waals surface area contributed by atoms with Crippen LogP contribution in [0.4, 0.5) is 15.8 Å². The van der Waals surface area contributed by atoms with Crippen molar-refractivity contribution in [1.29, 1.82) is 0 Å². The van der Waals surface area contributed by atoms with Crippen molar-refractivity contribution in [2.45, 2.75) is 6.61 Å². The van der Waals surface area contributed by atoms with Crippen LogP contribution in [0.3, 0.4) is 0 Å². The molecule has 1 N–H and O–H groups in total. The van der Waals surface area contributed by atoms with Gasteiger partial charge in [-0.2, -0.15) is 5.10 Å². The third kappa shape index (κ3) is 4.03. The second-order valence-corrected chi connectivity index (χ2v) is 8.29. The number of nitrogens with one attached hydrogen (secondary N) is 1. The number of amides is 1. The summed E-state index contributed by atoms with van der Waals surface area (Å²) in [7, 11) is 5.45. The first-order valence-corrected chi connectivity index (χ1v) is 10.7. The number of rotatable bonds is 5. The lowest BCUT2D eigenvalue weighted by Gasteiger charge is -2.34. The lowest BCUT2D eigenvalue weighted by Crippen LogP contribution is -2.44. The molecule has 0 aliphatic carbocycles. The largest absolute Gasteiger partial charge is 0.438 e. The van der Waals surface area contributed by atoms with Gasteiger partial charge in [-0.3, -0.25) is 9.48 Å². The zero-order chi connectivity index (χ0) is 23.1. The number of halogens is 1. The maximum atomic E-state index is 14.6. The average Bonchev–Trinajstić information content (AvgIpc) is 3.37. The monoisotopic (exact) mass is 452 g/mol. The number of likely N-dealkylation sites (N-methyl/N-ethyl adjacent to an activating group) is 1.